The third-order valence-electron chi connectivity index (χ3n) is 4.91. The minimum Gasteiger partial charge on any atom is -0.459 e. The maximum atomic E-state index is 12.8. The van der Waals surface area contributed by atoms with E-state index in [1.165, 1.54) is 18.4 Å². The maximum Gasteiger partial charge on any atom is 0.338 e. The highest BCUT2D eigenvalue weighted by atomic mass is 16.5. The van der Waals surface area contributed by atoms with Crippen molar-refractivity contribution in [3.8, 4) is 0 Å². The van der Waals surface area contributed by atoms with Gasteiger partial charge in [0.05, 0.1) is 11.8 Å². The van der Waals surface area contributed by atoms with Gasteiger partial charge in [-0.05, 0) is 61.4 Å². The first-order chi connectivity index (χ1) is 14.5. The van der Waals surface area contributed by atoms with Crippen LogP contribution in [-0.2, 0) is 16.0 Å². The van der Waals surface area contributed by atoms with E-state index >= 15 is 0 Å². The first-order valence-electron chi connectivity index (χ1n) is 9.58. The van der Waals surface area contributed by atoms with E-state index in [9.17, 15) is 14.4 Å². The Bertz CT molecular complexity index is 1070. The summed E-state index contributed by atoms with van der Waals surface area (Å²) < 4.78 is 10.4. The number of carbonyl (C=O) groups is 3. The van der Waals surface area contributed by atoms with Gasteiger partial charge in [0, 0.05) is 17.9 Å². The van der Waals surface area contributed by atoms with E-state index in [0.29, 0.717) is 12.2 Å². The van der Waals surface area contributed by atoms with Gasteiger partial charge in [0.15, 0.2) is 11.9 Å². The Morgan fingerprint density at radius 3 is 2.53 bits per heavy atom. The van der Waals surface area contributed by atoms with E-state index in [0.717, 1.165) is 17.7 Å². The predicted molar refractivity (Wildman–Crippen MR) is 110 cm³/mol. The molecule has 1 atom stereocenters. The first-order valence-corrected chi connectivity index (χ1v) is 9.58. The van der Waals surface area contributed by atoms with Crippen LogP contribution in [0.25, 0.3) is 0 Å². The fourth-order valence-electron chi connectivity index (χ4n) is 3.36. The van der Waals surface area contributed by atoms with Gasteiger partial charge >= 0.3 is 5.97 Å². The Morgan fingerprint density at radius 1 is 1.03 bits per heavy atom. The number of benzene rings is 2. The second-order valence-electron chi connectivity index (χ2n) is 6.92. The minimum atomic E-state index is -0.915. The van der Waals surface area contributed by atoms with Crippen molar-refractivity contribution >= 4 is 29.2 Å². The van der Waals surface area contributed by atoms with Crippen molar-refractivity contribution in [2.24, 2.45) is 0 Å². The summed E-state index contributed by atoms with van der Waals surface area (Å²) in [6.45, 7) is 2.14. The number of nitrogens with zero attached hydrogens (tertiary/aromatic N) is 1. The maximum absolute atomic E-state index is 12.8. The highest BCUT2D eigenvalue weighted by molar-refractivity contribution is 6.03. The lowest BCUT2D eigenvalue weighted by Crippen LogP contribution is -2.39. The molecule has 1 aromatic heterocycles. The molecule has 4 rings (SSSR count). The van der Waals surface area contributed by atoms with E-state index in [-0.39, 0.29) is 23.1 Å². The molecule has 2 amide bonds. The number of hydrogen-bond acceptors (Lipinski definition) is 5. The molecule has 0 bridgehead atoms. The second kappa shape index (κ2) is 8.24. The van der Waals surface area contributed by atoms with E-state index in [1.54, 1.807) is 36.1 Å². The molecule has 0 saturated carbocycles. The first kappa shape index (κ1) is 19.4. The fraction of sp³-hybridized carbons (Fsp3) is 0.174. The molecule has 2 aromatic carbocycles. The molecule has 0 aliphatic carbocycles. The molecule has 30 heavy (non-hydrogen) atoms. The summed E-state index contributed by atoms with van der Waals surface area (Å²) in [5.41, 5.74) is 2.76. The van der Waals surface area contributed by atoms with Crippen LogP contribution in [0.5, 0.6) is 0 Å². The van der Waals surface area contributed by atoms with Crippen LogP contribution in [0.1, 0.15) is 33.4 Å². The van der Waals surface area contributed by atoms with E-state index in [4.69, 9.17) is 9.15 Å². The third-order valence-corrected chi connectivity index (χ3v) is 4.91. The van der Waals surface area contributed by atoms with Crippen LogP contribution in [0.4, 0.5) is 11.4 Å². The molecular weight excluding hydrogens is 384 g/mol. The molecule has 0 spiro atoms. The van der Waals surface area contributed by atoms with Crippen molar-refractivity contribution in [3.63, 3.8) is 0 Å². The molecule has 0 radical (unpaired) electrons. The number of nitrogens with one attached hydrogen (secondary N) is 1. The van der Waals surface area contributed by atoms with Crippen LogP contribution < -0.4 is 10.2 Å². The summed E-state index contributed by atoms with van der Waals surface area (Å²) >= 11 is 0. The average molecular weight is 404 g/mol. The molecule has 3 aromatic rings. The standard InChI is InChI=1S/C23H20N2O5/c1-15(22(27)25-13-12-16-5-2-3-6-19(16)25)30-23(28)17-8-10-18(11-9-17)24-21(26)20-7-4-14-29-20/h2-11,14-15H,12-13H2,1H3,(H,24,26)/t15-/m0/s1. The highest BCUT2D eigenvalue weighted by Gasteiger charge is 2.29. The van der Waals surface area contributed by atoms with Crippen LogP contribution in [-0.4, -0.2) is 30.4 Å². The van der Waals surface area contributed by atoms with E-state index in [2.05, 4.69) is 5.32 Å². The van der Waals surface area contributed by atoms with Gasteiger partial charge in [0.2, 0.25) is 0 Å². The zero-order valence-electron chi connectivity index (χ0n) is 16.3. The number of esters is 1. The fourth-order valence-corrected chi connectivity index (χ4v) is 3.36. The molecular formula is C23H20N2O5. The number of fused-ring (bicyclic) bond motifs is 1. The van der Waals surface area contributed by atoms with Crippen LogP contribution >= 0.6 is 0 Å². The molecule has 1 aliphatic heterocycles. The minimum absolute atomic E-state index is 0.189. The van der Waals surface area contributed by atoms with Gasteiger partial charge in [-0.1, -0.05) is 18.2 Å². The van der Waals surface area contributed by atoms with Crippen LogP contribution in [0.3, 0.4) is 0 Å². The van der Waals surface area contributed by atoms with Crippen molar-refractivity contribution in [1.82, 2.24) is 0 Å². The van der Waals surface area contributed by atoms with Crippen molar-refractivity contribution in [2.45, 2.75) is 19.4 Å². The Kier molecular flexibility index (Phi) is 5.34. The summed E-state index contributed by atoms with van der Waals surface area (Å²) in [5, 5.41) is 2.67. The number of hydrogen-bond donors (Lipinski definition) is 1. The Labute approximate surface area is 173 Å². The van der Waals surface area contributed by atoms with Gasteiger partial charge in [0.25, 0.3) is 11.8 Å². The topological polar surface area (TPSA) is 88.8 Å². The summed E-state index contributed by atoms with van der Waals surface area (Å²) in [5.74, 6) is -1.06. The molecule has 2 heterocycles. The number of amides is 2. The van der Waals surface area contributed by atoms with Gasteiger partial charge < -0.3 is 19.4 Å². The SMILES string of the molecule is C[C@H](OC(=O)c1ccc(NC(=O)c2ccco2)cc1)C(=O)N1CCc2ccccc21. The summed E-state index contributed by atoms with van der Waals surface area (Å²) in [6, 6.07) is 17.1. The number of rotatable bonds is 5. The number of carbonyl (C=O) groups excluding carboxylic acids is 3. The Morgan fingerprint density at radius 2 is 1.80 bits per heavy atom. The van der Waals surface area contributed by atoms with Gasteiger partial charge in [-0.15, -0.1) is 0 Å². The number of ether oxygens (including phenoxy) is 1. The van der Waals surface area contributed by atoms with Gasteiger partial charge in [0.1, 0.15) is 0 Å². The smallest absolute Gasteiger partial charge is 0.338 e. The van der Waals surface area contributed by atoms with Crippen molar-refractivity contribution in [3.05, 3.63) is 83.8 Å². The van der Waals surface area contributed by atoms with Crippen LogP contribution in [0.15, 0.2) is 71.3 Å². The van der Waals surface area contributed by atoms with Gasteiger partial charge in [-0.3, -0.25) is 9.59 Å². The zero-order chi connectivity index (χ0) is 21.1. The quantitative estimate of drug-likeness (QED) is 0.656. The van der Waals surface area contributed by atoms with Crippen molar-refractivity contribution in [2.75, 3.05) is 16.8 Å². The largest absolute Gasteiger partial charge is 0.459 e. The van der Waals surface area contributed by atoms with E-state index in [1.807, 2.05) is 24.3 Å². The normalized spacial score (nSPS) is 13.4. The summed E-state index contributed by atoms with van der Waals surface area (Å²) in [7, 11) is 0. The molecule has 0 saturated heterocycles. The van der Waals surface area contributed by atoms with Crippen LogP contribution in [0.2, 0.25) is 0 Å². The van der Waals surface area contributed by atoms with Gasteiger partial charge in [-0.25, -0.2) is 4.79 Å². The Hall–Kier alpha value is -3.87. The van der Waals surface area contributed by atoms with Crippen molar-refractivity contribution in [1.29, 1.82) is 0 Å². The molecule has 0 fully saturated rings. The Balaban J connectivity index is 1.36. The monoisotopic (exact) mass is 404 g/mol. The molecule has 1 aliphatic rings. The lowest BCUT2D eigenvalue weighted by atomic mass is 10.2. The number of anilines is 2. The molecule has 7 nitrogen and oxygen atoms in total. The number of para-hydroxylation sites is 1. The molecule has 7 heteroatoms. The second-order valence-corrected chi connectivity index (χ2v) is 6.92. The average Bonchev–Trinajstić information content (AvgIpc) is 3.44. The highest BCUT2D eigenvalue weighted by Crippen LogP contribution is 2.28. The third kappa shape index (κ3) is 3.96. The van der Waals surface area contributed by atoms with Gasteiger partial charge in [-0.2, -0.15) is 0 Å². The molecule has 152 valence electrons. The number of furan rings is 1. The predicted octanol–water partition coefficient (Wildman–Crippen LogP) is 3.67. The lowest BCUT2D eigenvalue weighted by Gasteiger charge is -2.21. The lowest BCUT2D eigenvalue weighted by molar-refractivity contribution is -0.126. The van der Waals surface area contributed by atoms with Crippen LogP contribution in [0, 0.1) is 0 Å². The van der Waals surface area contributed by atoms with Crippen molar-refractivity contribution < 1.29 is 23.5 Å². The molecule has 1 N–H and O–H groups in total. The zero-order valence-corrected chi connectivity index (χ0v) is 16.3. The van der Waals surface area contributed by atoms with E-state index < -0.39 is 12.1 Å². The summed E-state index contributed by atoms with van der Waals surface area (Å²) in [4.78, 5) is 38.8. The molecule has 0 unspecified atom stereocenters. The summed E-state index contributed by atoms with van der Waals surface area (Å²) in [6.07, 6.45) is 1.28.